The van der Waals surface area contributed by atoms with Crippen molar-refractivity contribution < 1.29 is 44.6 Å². The molecular formula is C41H56Cl2N3O8S2+. The molecule has 5 aromatic rings. The number of halogens is 2. The number of nitrogens with zero attached hydrogens (tertiary/aromatic N) is 2. The van der Waals surface area contributed by atoms with Gasteiger partial charge in [-0.15, -0.1) is 0 Å². The highest BCUT2D eigenvalue weighted by molar-refractivity contribution is 7.86. The Morgan fingerprint density at radius 2 is 1.41 bits per heavy atom. The van der Waals surface area contributed by atoms with Gasteiger partial charge in [0.25, 0.3) is 5.52 Å². The molecule has 0 bridgehead atoms. The molecule has 1 fully saturated rings. The van der Waals surface area contributed by atoms with Crippen LogP contribution in [0.5, 0.6) is 5.75 Å². The number of oxazole rings is 1. The summed E-state index contributed by atoms with van der Waals surface area (Å²) in [5.41, 5.74) is 1.61. The van der Waals surface area contributed by atoms with Gasteiger partial charge in [0.15, 0.2) is 27.7 Å². The number of hydrogen-bond donors (Lipinski definition) is 1. The number of ether oxygens (including phenoxy) is 1. The molecule has 2 aliphatic heterocycles. The smallest absolute Gasteiger partial charge is 0.374 e. The zero-order valence-corrected chi connectivity index (χ0v) is 32.1. The average molecular weight is 854 g/mol. The lowest BCUT2D eigenvalue weighted by Gasteiger charge is -2.47. The minimum Gasteiger partial charge on any atom is -0.748 e. The van der Waals surface area contributed by atoms with E-state index >= 15 is 0 Å². The van der Waals surface area contributed by atoms with Crippen LogP contribution in [0.2, 0.25) is 10.0 Å². The van der Waals surface area contributed by atoms with E-state index in [9.17, 15) is 25.9 Å². The highest BCUT2D eigenvalue weighted by atomic mass is 35.5. The molecule has 7 rings (SSSR count). The van der Waals surface area contributed by atoms with Crippen molar-refractivity contribution >= 4 is 87.8 Å². The molecule has 3 heterocycles. The van der Waals surface area contributed by atoms with Crippen molar-refractivity contribution in [1.82, 2.24) is 4.48 Å². The Bertz CT molecular complexity index is 2440. The summed E-state index contributed by atoms with van der Waals surface area (Å²) in [6, 6.07) is 18.1. The van der Waals surface area contributed by atoms with Crippen LogP contribution < -0.4 is 18.7 Å². The number of aryl methyl sites for hydroxylation is 1. The summed E-state index contributed by atoms with van der Waals surface area (Å²) in [5.74, 6) is 0.430. The number of quaternary nitrogens is 2. The summed E-state index contributed by atoms with van der Waals surface area (Å²) in [7, 11) is -9.16. The Kier molecular flexibility index (Phi) is 16.7. The lowest BCUT2D eigenvalue weighted by atomic mass is 10.0. The molecule has 4 aromatic carbocycles. The van der Waals surface area contributed by atoms with E-state index in [0.717, 1.165) is 16.2 Å². The van der Waals surface area contributed by atoms with Crippen LogP contribution >= 0.6 is 23.2 Å². The third kappa shape index (κ3) is 9.26. The molecule has 0 radical (unpaired) electrons. The number of aromatic nitrogens is 1. The van der Waals surface area contributed by atoms with Crippen LogP contribution in [-0.2, 0) is 26.8 Å². The number of hydrogen-bond acceptors (Lipinski definition) is 8. The van der Waals surface area contributed by atoms with E-state index in [0.29, 0.717) is 50.4 Å². The van der Waals surface area contributed by atoms with E-state index in [1.54, 1.807) is 39.8 Å². The van der Waals surface area contributed by atoms with Crippen LogP contribution in [0, 0.1) is 0 Å². The number of allylic oxidation sites excluding steroid dienone is 2. The molecular weight excluding hydrogens is 798 g/mol. The fourth-order valence-corrected chi connectivity index (χ4v) is 9.32. The quantitative estimate of drug-likeness (QED) is 0.0840. The van der Waals surface area contributed by atoms with Gasteiger partial charge in [-0.2, -0.15) is 4.57 Å². The number of fused-ring (bicyclic) bond motifs is 7. The van der Waals surface area contributed by atoms with Crippen molar-refractivity contribution in [3.63, 3.8) is 0 Å². The van der Waals surface area contributed by atoms with Crippen LogP contribution in [0.3, 0.4) is 0 Å². The summed E-state index contributed by atoms with van der Waals surface area (Å²) < 4.78 is 85.2. The van der Waals surface area contributed by atoms with Crippen LogP contribution in [0.15, 0.2) is 83.1 Å². The molecule has 0 aliphatic carbocycles. The van der Waals surface area contributed by atoms with Gasteiger partial charge in [0.1, 0.15) is 0 Å². The van der Waals surface area contributed by atoms with E-state index in [1.165, 1.54) is 19.6 Å². The molecule has 0 saturated carbocycles. The molecule has 1 N–H and O–H groups in total. The average Bonchev–Trinajstić information content (AvgIpc) is 3.60. The Labute approximate surface area is 342 Å². The summed E-state index contributed by atoms with van der Waals surface area (Å²) in [4.78, 5) is 1.68. The van der Waals surface area contributed by atoms with Gasteiger partial charge in [0, 0.05) is 51.9 Å². The predicted octanol–water partition coefficient (Wildman–Crippen LogP) is 8.27. The van der Waals surface area contributed by atoms with E-state index in [2.05, 4.69) is 20.8 Å². The van der Waals surface area contributed by atoms with Crippen molar-refractivity contribution in [2.45, 2.75) is 75.2 Å². The maximum absolute atomic E-state index is 12.4. The molecule has 56 heavy (non-hydrogen) atoms. The second-order valence-corrected chi connectivity index (χ2v) is 16.7. The maximum Gasteiger partial charge on any atom is 0.374 e. The third-order valence-corrected chi connectivity index (χ3v) is 12.6. The van der Waals surface area contributed by atoms with Crippen molar-refractivity contribution in [2.75, 3.05) is 31.9 Å². The second kappa shape index (κ2) is 19.3. The molecule has 308 valence electrons. The topological polar surface area (TPSA) is 145 Å². The van der Waals surface area contributed by atoms with Gasteiger partial charge < -0.3 is 23.2 Å². The molecule has 2 atom stereocenters. The summed E-state index contributed by atoms with van der Waals surface area (Å²) in [5, 5.41) is 2.51. The van der Waals surface area contributed by atoms with E-state index in [1.807, 2.05) is 48.5 Å². The zero-order valence-electron chi connectivity index (χ0n) is 29.0. The minimum atomic E-state index is -4.72. The monoisotopic (exact) mass is 852 g/mol. The Morgan fingerprint density at radius 1 is 0.857 bits per heavy atom. The first kappa shape index (κ1) is 48.6. The molecule has 1 saturated heterocycles. The van der Waals surface area contributed by atoms with Crippen LogP contribution in [0.25, 0.3) is 38.7 Å². The van der Waals surface area contributed by atoms with E-state index < -0.39 is 31.4 Å². The van der Waals surface area contributed by atoms with Gasteiger partial charge in [-0.25, -0.2) is 21.3 Å². The second-order valence-electron chi connectivity index (χ2n) is 12.8. The third-order valence-electron chi connectivity index (χ3n) is 9.95. The zero-order chi connectivity index (χ0) is 37.4. The first-order chi connectivity index (χ1) is 24.7. The highest BCUT2D eigenvalue weighted by Crippen LogP contribution is 2.56. The molecule has 0 amide bonds. The fourth-order valence-electron chi connectivity index (χ4n) is 7.14. The molecule has 1 aromatic heterocycles. The number of benzene rings is 4. The molecule has 2 unspecified atom stereocenters. The van der Waals surface area contributed by atoms with Crippen LogP contribution in [0.4, 0.5) is 5.69 Å². The van der Waals surface area contributed by atoms with Crippen molar-refractivity contribution in [2.24, 2.45) is 0 Å². The van der Waals surface area contributed by atoms with Gasteiger partial charge in [-0.05, 0) is 26.8 Å². The first-order valence-corrected chi connectivity index (χ1v) is 21.0. The molecule has 11 nitrogen and oxygen atoms in total. The van der Waals surface area contributed by atoms with Gasteiger partial charge in [-0.1, -0.05) is 101 Å². The Morgan fingerprint density at radius 3 is 1.93 bits per heavy atom. The van der Waals surface area contributed by atoms with Crippen LogP contribution in [0.1, 0.15) is 69.2 Å². The largest absolute Gasteiger partial charge is 0.748 e. The van der Waals surface area contributed by atoms with E-state index in [4.69, 9.17) is 32.4 Å². The van der Waals surface area contributed by atoms with Gasteiger partial charge in [0.05, 0.1) is 58.8 Å². The summed E-state index contributed by atoms with van der Waals surface area (Å²) in [6.07, 6.45) is 5.01. The van der Waals surface area contributed by atoms with Crippen molar-refractivity contribution in [1.29, 1.82) is 0 Å². The van der Waals surface area contributed by atoms with Crippen molar-refractivity contribution in [3.05, 3.63) is 94.6 Å². The minimum absolute atomic E-state index is 0. The SMILES string of the molecule is C.C.C.C.CC[NH+](CC)CC.O=S(=O)([O-])CCC[n+]1c(C=CC=C2Oc3c(cc(Cl)c4ccccc34)[N+]23CCC3S(=O)(=O)[O-])oc2c3ccccc3c(Cl)cc21. The normalized spacial score (nSPS) is 18.1. The highest BCUT2D eigenvalue weighted by Gasteiger charge is 2.61. The number of nitrogens with one attached hydrogen (secondary N) is 1. The predicted molar refractivity (Wildman–Crippen MR) is 229 cm³/mol. The van der Waals surface area contributed by atoms with E-state index in [-0.39, 0.29) is 59.5 Å². The fraction of sp³-hybridized carbons (Fsp3) is 0.390. The number of rotatable bonds is 10. The van der Waals surface area contributed by atoms with Crippen molar-refractivity contribution in [3.8, 4) is 5.75 Å². The molecule has 1 spiro atoms. The molecule has 2 aliphatic rings. The van der Waals surface area contributed by atoms with Gasteiger partial charge in [-0.3, -0.25) is 0 Å². The van der Waals surface area contributed by atoms with Crippen LogP contribution in [-0.4, -0.2) is 63.2 Å². The maximum atomic E-state index is 12.4. The Balaban J connectivity index is 0.000000904. The standard InChI is InChI=1S/C31H24Cl2N2O8S2.C6H15N.4CH4/c32-23-17-25-30(21-9-3-1-7-19(21)23)42-27(34(25)14-6-16-44(36,37)38)11-5-12-28-35(15-13-29(35)45(39,40)41)26-18-24(33)20-8-2-4-10-22(20)31(26)43-28;1-4-7(5-2)6-3;;;;/h1-5,7-12,17-18,29H,6,13-16H2;4-6H2,1-3H3;4*1H4/p+1. The Hall–Kier alpha value is -3.53. The van der Waals surface area contributed by atoms with Gasteiger partial charge >= 0.3 is 11.8 Å². The lowest BCUT2D eigenvalue weighted by molar-refractivity contribution is -0.894. The lowest BCUT2D eigenvalue weighted by Crippen LogP contribution is -3.11. The summed E-state index contributed by atoms with van der Waals surface area (Å²) >= 11 is 13.2. The summed E-state index contributed by atoms with van der Waals surface area (Å²) in [6.45, 7) is 10.9. The van der Waals surface area contributed by atoms with Gasteiger partial charge in [0.2, 0.25) is 11.3 Å². The first-order valence-electron chi connectivity index (χ1n) is 17.1. The molecule has 15 heteroatoms.